The summed E-state index contributed by atoms with van der Waals surface area (Å²) in [4.78, 5) is 0. The summed E-state index contributed by atoms with van der Waals surface area (Å²) >= 11 is 3.93. The summed E-state index contributed by atoms with van der Waals surface area (Å²) in [5.41, 5.74) is 0. The molecule has 5 atom stereocenters. The number of rotatable bonds is 3. The van der Waals surface area contributed by atoms with Crippen molar-refractivity contribution in [1.82, 2.24) is 0 Å². The summed E-state index contributed by atoms with van der Waals surface area (Å²) in [6.07, 6.45) is 0.279. The fourth-order valence-electron chi connectivity index (χ4n) is 4.21. The van der Waals surface area contributed by atoms with E-state index in [4.69, 9.17) is 28.4 Å². The molecule has 6 nitrogen and oxygen atoms in total. The molecular weight excluding hydrogens is 388 g/mol. The van der Waals surface area contributed by atoms with Crippen LogP contribution < -0.4 is 0 Å². The second-order valence-electron chi connectivity index (χ2n) is 8.96. The Bertz CT molecular complexity index is 548. The zero-order valence-electron chi connectivity index (χ0n) is 17.1. The first-order valence-electron chi connectivity index (χ1n) is 9.82. The van der Waals surface area contributed by atoms with E-state index >= 15 is 0 Å². The monoisotopic (exact) mass is 420 g/mol. The van der Waals surface area contributed by atoms with Gasteiger partial charge in [0.2, 0.25) is 0 Å². The number of hydrogen-bond acceptors (Lipinski definition) is 8. The Morgan fingerprint density at radius 1 is 0.630 bits per heavy atom. The Hall–Kier alpha value is 0.460. The van der Waals surface area contributed by atoms with Crippen LogP contribution >= 0.6 is 23.5 Å². The molecule has 8 heteroatoms. The summed E-state index contributed by atoms with van der Waals surface area (Å²) in [5, 5.41) is 0. The zero-order chi connectivity index (χ0) is 19.4. The Labute approximate surface area is 170 Å². The van der Waals surface area contributed by atoms with E-state index < -0.39 is 17.4 Å². The van der Waals surface area contributed by atoms with E-state index in [9.17, 15) is 0 Å². The van der Waals surface area contributed by atoms with Gasteiger partial charge < -0.3 is 28.4 Å². The van der Waals surface area contributed by atoms with Gasteiger partial charge in [0.15, 0.2) is 17.4 Å². The van der Waals surface area contributed by atoms with Crippen molar-refractivity contribution in [3.05, 3.63) is 0 Å². The molecule has 0 N–H and O–H groups in total. The Morgan fingerprint density at radius 3 is 1.70 bits per heavy atom. The highest BCUT2D eigenvalue weighted by atomic mass is 32.2. The van der Waals surface area contributed by atoms with Crippen molar-refractivity contribution in [2.45, 2.75) is 100 Å². The molecule has 4 aliphatic rings. The van der Waals surface area contributed by atoms with Crippen LogP contribution in [0.25, 0.3) is 0 Å². The minimum atomic E-state index is -0.696. The molecule has 0 aromatic carbocycles. The van der Waals surface area contributed by atoms with Crippen molar-refractivity contribution in [2.24, 2.45) is 0 Å². The fourth-order valence-corrected chi connectivity index (χ4v) is 7.25. The molecular formula is C19H32O6S2. The van der Waals surface area contributed by atoms with Gasteiger partial charge in [0.25, 0.3) is 0 Å². The van der Waals surface area contributed by atoms with Crippen molar-refractivity contribution in [3.8, 4) is 0 Å². The van der Waals surface area contributed by atoms with Gasteiger partial charge in [0.05, 0.1) is 11.2 Å². The highest BCUT2D eigenvalue weighted by Gasteiger charge is 2.58. The van der Waals surface area contributed by atoms with E-state index in [1.165, 1.54) is 6.42 Å². The first-order chi connectivity index (χ1) is 12.6. The minimum absolute atomic E-state index is 0.0457. The molecule has 0 aromatic rings. The molecule has 0 bridgehead atoms. The maximum absolute atomic E-state index is 6.38. The second kappa shape index (κ2) is 7.30. The molecule has 4 rings (SSSR count). The van der Waals surface area contributed by atoms with Crippen LogP contribution in [0.15, 0.2) is 0 Å². The average Bonchev–Trinajstić information content (AvgIpc) is 3.20. The van der Waals surface area contributed by atoms with Crippen molar-refractivity contribution in [2.75, 3.05) is 18.1 Å². The molecule has 0 radical (unpaired) electrons. The van der Waals surface area contributed by atoms with Gasteiger partial charge in [-0.25, -0.2) is 0 Å². The topological polar surface area (TPSA) is 55.4 Å². The van der Waals surface area contributed by atoms with Gasteiger partial charge in [-0.2, -0.15) is 0 Å². The molecule has 0 spiro atoms. The van der Waals surface area contributed by atoms with E-state index in [0.29, 0.717) is 11.2 Å². The van der Waals surface area contributed by atoms with Gasteiger partial charge in [-0.05, 0) is 59.5 Å². The van der Waals surface area contributed by atoms with Crippen LogP contribution in [0.2, 0.25) is 0 Å². The predicted octanol–water partition coefficient (Wildman–Crippen LogP) is 3.37. The molecule has 0 aromatic heterocycles. The summed E-state index contributed by atoms with van der Waals surface area (Å²) in [7, 11) is 0. The predicted molar refractivity (Wildman–Crippen MR) is 106 cm³/mol. The van der Waals surface area contributed by atoms with E-state index in [0.717, 1.165) is 11.5 Å². The Kier molecular flexibility index (Phi) is 5.61. The van der Waals surface area contributed by atoms with Crippen molar-refractivity contribution >= 4 is 23.5 Å². The average molecular weight is 421 g/mol. The summed E-state index contributed by atoms with van der Waals surface area (Å²) in [6, 6.07) is 0. The fraction of sp³-hybridized carbons (Fsp3) is 1.00. The highest BCUT2D eigenvalue weighted by Crippen LogP contribution is 2.46. The molecule has 0 amide bonds. The lowest BCUT2D eigenvalue weighted by Gasteiger charge is -2.32. The molecule has 4 fully saturated rings. The Morgan fingerprint density at radius 2 is 1.15 bits per heavy atom. The van der Waals surface area contributed by atoms with E-state index in [1.807, 2.05) is 65.1 Å². The third-order valence-electron chi connectivity index (χ3n) is 5.17. The van der Waals surface area contributed by atoms with Crippen LogP contribution in [0, 0.1) is 0 Å². The molecule has 4 heterocycles. The molecule has 27 heavy (non-hydrogen) atoms. The van der Waals surface area contributed by atoms with Gasteiger partial charge in [-0.1, -0.05) is 0 Å². The summed E-state index contributed by atoms with van der Waals surface area (Å²) in [6.45, 7) is 12.2. The zero-order valence-corrected chi connectivity index (χ0v) is 18.7. The quantitative estimate of drug-likeness (QED) is 0.689. The van der Waals surface area contributed by atoms with Crippen molar-refractivity contribution < 1.29 is 28.4 Å². The SMILES string of the molecule is CC1(C)O[C@H]([C@H]2COC(C)(C)O2)[C@@H]([C@H]2OC(C)(C)OC2C2SCCCS2)O1. The first-order valence-corrected chi connectivity index (χ1v) is 11.9. The largest absolute Gasteiger partial charge is 0.348 e. The maximum Gasteiger partial charge on any atom is 0.164 e. The van der Waals surface area contributed by atoms with Crippen molar-refractivity contribution in [1.29, 1.82) is 0 Å². The third kappa shape index (κ3) is 4.48. The Balaban J connectivity index is 1.57. The van der Waals surface area contributed by atoms with Crippen LogP contribution in [0.4, 0.5) is 0 Å². The first kappa shape index (κ1) is 20.7. The molecule has 1 unspecified atom stereocenters. The van der Waals surface area contributed by atoms with Crippen LogP contribution in [0.5, 0.6) is 0 Å². The second-order valence-corrected chi connectivity index (χ2v) is 11.8. The lowest BCUT2D eigenvalue weighted by Crippen LogP contribution is -2.49. The number of thioether (sulfide) groups is 2. The lowest BCUT2D eigenvalue weighted by molar-refractivity contribution is -0.178. The lowest BCUT2D eigenvalue weighted by atomic mass is 10.00. The number of hydrogen-bond donors (Lipinski definition) is 0. The van der Waals surface area contributed by atoms with Crippen LogP contribution in [-0.4, -0.2) is 70.6 Å². The molecule has 4 saturated heterocycles. The van der Waals surface area contributed by atoms with Crippen LogP contribution in [-0.2, 0) is 28.4 Å². The molecule has 4 aliphatic heterocycles. The standard InChI is InChI=1S/C19H32O6S2/c1-17(2)20-10-11(21-17)12-13(23-18(3,4)22-12)14-15(25-19(5,6)24-14)16-26-8-7-9-27-16/h11-16H,7-10H2,1-6H3/t11-,12-,13+,14-,15?/m1/s1. The summed E-state index contributed by atoms with van der Waals surface area (Å²) in [5.74, 6) is 0.386. The van der Waals surface area contributed by atoms with E-state index in [2.05, 4.69) is 0 Å². The van der Waals surface area contributed by atoms with Gasteiger partial charge in [0, 0.05) is 0 Å². The maximum atomic E-state index is 6.38. The van der Waals surface area contributed by atoms with Gasteiger partial charge in [-0.3, -0.25) is 0 Å². The highest BCUT2D eigenvalue weighted by molar-refractivity contribution is 8.17. The minimum Gasteiger partial charge on any atom is -0.348 e. The van der Waals surface area contributed by atoms with E-state index in [1.54, 1.807) is 0 Å². The van der Waals surface area contributed by atoms with E-state index in [-0.39, 0.29) is 30.5 Å². The normalized spacial score (nSPS) is 44.0. The molecule has 0 aliphatic carbocycles. The van der Waals surface area contributed by atoms with Gasteiger partial charge in [0.1, 0.15) is 30.5 Å². The van der Waals surface area contributed by atoms with Crippen LogP contribution in [0.3, 0.4) is 0 Å². The third-order valence-corrected chi connectivity index (χ3v) is 8.23. The van der Waals surface area contributed by atoms with Crippen molar-refractivity contribution in [3.63, 3.8) is 0 Å². The molecule has 0 saturated carbocycles. The summed E-state index contributed by atoms with van der Waals surface area (Å²) < 4.78 is 37.6. The van der Waals surface area contributed by atoms with Gasteiger partial charge in [-0.15, -0.1) is 23.5 Å². The smallest absolute Gasteiger partial charge is 0.164 e. The number of ether oxygens (including phenoxy) is 6. The van der Waals surface area contributed by atoms with Gasteiger partial charge >= 0.3 is 0 Å². The molecule has 156 valence electrons. The van der Waals surface area contributed by atoms with Crippen LogP contribution in [0.1, 0.15) is 48.0 Å².